The molecule has 0 bridgehead atoms. The number of hydrogen-bond donors (Lipinski definition) is 2. The molecule has 10 heteroatoms. The second-order valence-corrected chi connectivity index (χ2v) is 7.28. The second-order valence-electron chi connectivity index (χ2n) is 6.44. The highest BCUT2D eigenvalue weighted by Crippen LogP contribution is 2.25. The van der Waals surface area contributed by atoms with Gasteiger partial charge in [-0.15, -0.1) is 0 Å². The normalized spacial score (nSPS) is 10.5. The lowest BCUT2D eigenvalue weighted by Crippen LogP contribution is -2.32. The number of hydrazone groups is 1. The van der Waals surface area contributed by atoms with Crippen molar-refractivity contribution in [1.29, 1.82) is 0 Å². The quantitative estimate of drug-likeness (QED) is 0.178. The fraction of sp³-hybridized carbons (Fsp3) is 0.0435. The van der Waals surface area contributed by atoms with Crippen LogP contribution in [-0.2, 0) is 9.59 Å². The Hall–Kier alpha value is -3.88. The van der Waals surface area contributed by atoms with E-state index >= 15 is 0 Å². The van der Waals surface area contributed by atoms with E-state index in [-0.39, 0.29) is 10.7 Å². The van der Waals surface area contributed by atoms with Gasteiger partial charge in [-0.05, 0) is 60.2 Å². The molecule has 0 saturated heterocycles. The minimum absolute atomic E-state index is 0.201. The molecule has 0 radical (unpaired) electrons. The molecule has 0 heterocycles. The monoisotopic (exact) mass is 485 g/mol. The number of methoxy groups -OCH3 is 1. The molecule has 168 valence electrons. The first-order chi connectivity index (χ1) is 15.9. The van der Waals surface area contributed by atoms with Gasteiger partial charge in [0.25, 0.3) is 0 Å². The number of para-hydroxylation sites is 1. The molecule has 0 aliphatic heterocycles. The van der Waals surface area contributed by atoms with E-state index in [2.05, 4.69) is 15.8 Å². The minimum atomic E-state index is -0.996. The van der Waals surface area contributed by atoms with Crippen molar-refractivity contribution >= 4 is 52.9 Å². The van der Waals surface area contributed by atoms with E-state index in [0.717, 1.165) is 0 Å². The second kappa shape index (κ2) is 11.1. The molecule has 0 aromatic heterocycles. The van der Waals surface area contributed by atoms with Crippen LogP contribution in [0.4, 0.5) is 5.69 Å². The highest BCUT2D eigenvalue weighted by Gasteiger charge is 2.15. The zero-order chi connectivity index (χ0) is 23.8. The van der Waals surface area contributed by atoms with Crippen LogP contribution in [0.5, 0.6) is 11.5 Å². The number of halogens is 2. The summed E-state index contributed by atoms with van der Waals surface area (Å²) in [5.41, 5.74) is 3.20. The van der Waals surface area contributed by atoms with E-state index in [1.807, 2.05) is 0 Å². The van der Waals surface area contributed by atoms with Crippen LogP contribution in [0.15, 0.2) is 71.8 Å². The van der Waals surface area contributed by atoms with Crippen LogP contribution >= 0.6 is 23.2 Å². The summed E-state index contributed by atoms with van der Waals surface area (Å²) < 4.78 is 10.5. The molecule has 3 rings (SSSR count). The molecule has 0 atom stereocenters. The molecule has 0 aliphatic carbocycles. The fourth-order valence-corrected chi connectivity index (χ4v) is 2.92. The van der Waals surface area contributed by atoms with Crippen LogP contribution in [0.3, 0.4) is 0 Å². The number of esters is 1. The molecule has 0 fully saturated rings. The van der Waals surface area contributed by atoms with Gasteiger partial charge < -0.3 is 14.8 Å². The van der Waals surface area contributed by atoms with Gasteiger partial charge in [-0.2, -0.15) is 5.10 Å². The van der Waals surface area contributed by atoms with Crippen LogP contribution in [0.1, 0.15) is 15.9 Å². The van der Waals surface area contributed by atoms with Crippen molar-refractivity contribution in [2.45, 2.75) is 0 Å². The third-order valence-electron chi connectivity index (χ3n) is 4.18. The first kappa shape index (κ1) is 23.8. The van der Waals surface area contributed by atoms with E-state index in [4.69, 9.17) is 32.7 Å². The molecule has 0 spiro atoms. The van der Waals surface area contributed by atoms with Gasteiger partial charge in [0.1, 0.15) is 17.1 Å². The van der Waals surface area contributed by atoms with Crippen molar-refractivity contribution in [3.63, 3.8) is 0 Å². The first-order valence-corrected chi connectivity index (χ1v) is 10.2. The summed E-state index contributed by atoms with van der Waals surface area (Å²) in [6, 6.07) is 17.5. The van der Waals surface area contributed by atoms with Gasteiger partial charge in [-0.25, -0.2) is 10.2 Å². The van der Waals surface area contributed by atoms with Crippen molar-refractivity contribution < 1.29 is 23.9 Å². The summed E-state index contributed by atoms with van der Waals surface area (Å²) in [5, 5.41) is 6.67. The number of nitrogens with one attached hydrogen (secondary N) is 2. The van der Waals surface area contributed by atoms with Gasteiger partial charge in [0.2, 0.25) is 0 Å². The third-order valence-corrected chi connectivity index (χ3v) is 4.74. The van der Waals surface area contributed by atoms with Gasteiger partial charge in [0.05, 0.1) is 24.0 Å². The van der Waals surface area contributed by atoms with Gasteiger partial charge in [0.15, 0.2) is 0 Å². The molecule has 0 aliphatic rings. The van der Waals surface area contributed by atoms with Crippen LogP contribution in [0.2, 0.25) is 10.0 Å². The summed E-state index contributed by atoms with van der Waals surface area (Å²) in [6.45, 7) is 0. The molecule has 0 saturated carbocycles. The van der Waals surface area contributed by atoms with Crippen molar-refractivity contribution in [2.75, 3.05) is 12.4 Å². The number of anilines is 1. The van der Waals surface area contributed by atoms with Crippen LogP contribution in [0, 0.1) is 0 Å². The zero-order valence-corrected chi connectivity index (χ0v) is 18.7. The molecule has 2 amide bonds. The van der Waals surface area contributed by atoms with Gasteiger partial charge >= 0.3 is 17.8 Å². The summed E-state index contributed by atoms with van der Waals surface area (Å²) in [6.07, 6.45) is 1.32. The number of nitrogens with zero attached hydrogens (tertiary/aromatic N) is 1. The Bertz CT molecular complexity index is 1210. The number of hydrogen-bond acceptors (Lipinski definition) is 6. The highest BCUT2D eigenvalue weighted by molar-refractivity contribution is 6.42. The minimum Gasteiger partial charge on any atom is -0.496 e. The van der Waals surface area contributed by atoms with E-state index < -0.39 is 17.8 Å². The number of carbonyl (C=O) groups is 3. The van der Waals surface area contributed by atoms with Crippen molar-refractivity contribution in [1.82, 2.24) is 5.43 Å². The average molecular weight is 486 g/mol. The molecular formula is C23H17Cl2N3O5. The summed E-state index contributed by atoms with van der Waals surface area (Å²) in [4.78, 5) is 36.2. The predicted octanol–water partition coefficient (Wildman–Crippen LogP) is 4.31. The summed E-state index contributed by atoms with van der Waals surface area (Å²) in [5.74, 6) is -1.81. The SMILES string of the molecule is COc1ccccc1C(=O)Oc1ccc(/C=N/NC(=O)C(=O)Nc2cc(Cl)ccc2Cl)cc1. The van der Waals surface area contributed by atoms with E-state index in [1.54, 1.807) is 54.6 Å². The Morgan fingerprint density at radius 2 is 1.67 bits per heavy atom. The molecule has 33 heavy (non-hydrogen) atoms. The Labute approximate surface area is 199 Å². The highest BCUT2D eigenvalue weighted by atomic mass is 35.5. The van der Waals surface area contributed by atoms with E-state index in [1.165, 1.54) is 25.5 Å². The van der Waals surface area contributed by atoms with Crippen molar-refractivity contribution in [3.05, 3.63) is 87.9 Å². The van der Waals surface area contributed by atoms with E-state index in [9.17, 15) is 14.4 Å². The smallest absolute Gasteiger partial charge is 0.347 e. The van der Waals surface area contributed by atoms with Gasteiger partial charge in [-0.1, -0.05) is 35.3 Å². The lowest BCUT2D eigenvalue weighted by Gasteiger charge is -2.08. The Kier molecular flexibility index (Phi) is 8.01. The molecule has 3 aromatic carbocycles. The zero-order valence-electron chi connectivity index (χ0n) is 17.2. The number of benzene rings is 3. The maximum atomic E-state index is 12.3. The lowest BCUT2D eigenvalue weighted by atomic mass is 10.2. The fourth-order valence-electron chi connectivity index (χ4n) is 2.59. The average Bonchev–Trinajstić information content (AvgIpc) is 2.82. The number of ether oxygens (including phenoxy) is 2. The molecule has 2 N–H and O–H groups in total. The topological polar surface area (TPSA) is 106 Å². The first-order valence-electron chi connectivity index (χ1n) is 9.42. The molecular weight excluding hydrogens is 469 g/mol. The third kappa shape index (κ3) is 6.55. The van der Waals surface area contributed by atoms with E-state index in [0.29, 0.717) is 27.6 Å². The summed E-state index contributed by atoms with van der Waals surface area (Å²) in [7, 11) is 1.47. The summed E-state index contributed by atoms with van der Waals surface area (Å²) >= 11 is 11.8. The van der Waals surface area contributed by atoms with Crippen molar-refractivity contribution in [3.8, 4) is 11.5 Å². The number of rotatable bonds is 6. The maximum absolute atomic E-state index is 12.3. The Morgan fingerprint density at radius 3 is 2.39 bits per heavy atom. The molecule has 0 unspecified atom stereocenters. The predicted molar refractivity (Wildman–Crippen MR) is 125 cm³/mol. The Morgan fingerprint density at radius 1 is 0.939 bits per heavy atom. The Balaban J connectivity index is 1.54. The van der Waals surface area contributed by atoms with Crippen molar-refractivity contribution in [2.24, 2.45) is 5.10 Å². The largest absolute Gasteiger partial charge is 0.496 e. The van der Waals surface area contributed by atoms with Gasteiger partial charge in [-0.3, -0.25) is 9.59 Å². The van der Waals surface area contributed by atoms with Crippen LogP contribution in [0.25, 0.3) is 0 Å². The van der Waals surface area contributed by atoms with Gasteiger partial charge in [0, 0.05) is 5.02 Å². The standard InChI is InChI=1S/C23H17Cl2N3O5/c1-32-20-5-3-2-4-17(20)23(31)33-16-9-6-14(7-10-16)13-26-28-22(30)21(29)27-19-12-15(24)8-11-18(19)25/h2-13H,1H3,(H,27,29)(H,28,30)/b26-13+. The number of carbonyl (C=O) groups excluding carboxylic acids is 3. The number of amides is 2. The van der Waals surface area contributed by atoms with Crippen LogP contribution < -0.4 is 20.2 Å². The van der Waals surface area contributed by atoms with Crippen LogP contribution in [-0.4, -0.2) is 31.1 Å². The lowest BCUT2D eigenvalue weighted by molar-refractivity contribution is -0.136. The molecule has 3 aromatic rings. The molecule has 8 nitrogen and oxygen atoms in total. The maximum Gasteiger partial charge on any atom is 0.347 e.